The van der Waals surface area contributed by atoms with Crippen LogP contribution in [0.4, 0.5) is 0 Å². The lowest BCUT2D eigenvalue weighted by atomic mass is 10.0. The quantitative estimate of drug-likeness (QED) is 0.866. The zero-order chi connectivity index (χ0) is 16.9. The van der Waals surface area contributed by atoms with Crippen LogP contribution in [-0.2, 0) is 6.54 Å². The van der Waals surface area contributed by atoms with Crippen molar-refractivity contribution < 1.29 is 4.79 Å². The number of carbonyl (C=O) groups excluding carboxylic acids is 1. The fourth-order valence-electron chi connectivity index (χ4n) is 3.05. The highest BCUT2D eigenvalue weighted by Crippen LogP contribution is 2.25. The minimum absolute atomic E-state index is 0.0495. The summed E-state index contributed by atoms with van der Waals surface area (Å²) in [6.45, 7) is 4.17. The molecule has 5 nitrogen and oxygen atoms in total. The molecule has 1 saturated heterocycles. The molecule has 24 heavy (non-hydrogen) atoms. The summed E-state index contributed by atoms with van der Waals surface area (Å²) < 4.78 is 1.72. The molecule has 0 unspecified atom stereocenters. The van der Waals surface area contributed by atoms with Gasteiger partial charge in [0.15, 0.2) is 0 Å². The second-order valence-electron chi connectivity index (χ2n) is 6.28. The van der Waals surface area contributed by atoms with E-state index in [-0.39, 0.29) is 5.91 Å². The summed E-state index contributed by atoms with van der Waals surface area (Å²) >= 11 is 0. The average Bonchev–Trinajstić information content (AvgIpc) is 3.05. The molecule has 1 fully saturated rings. The third-order valence-electron chi connectivity index (χ3n) is 4.41. The van der Waals surface area contributed by atoms with Gasteiger partial charge in [0, 0.05) is 24.8 Å². The molecule has 2 heterocycles. The second kappa shape index (κ2) is 7.31. The van der Waals surface area contributed by atoms with E-state index >= 15 is 0 Å². The number of piperidine rings is 1. The van der Waals surface area contributed by atoms with Crippen molar-refractivity contribution in [3.63, 3.8) is 0 Å². The molecule has 1 aromatic heterocycles. The lowest BCUT2D eigenvalue weighted by Gasteiger charge is -2.26. The zero-order valence-electron chi connectivity index (χ0n) is 14.0. The van der Waals surface area contributed by atoms with Gasteiger partial charge >= 0.3 is 0 Å². The smallest absolute Gasteiger partial charge is 0.257 e. The fourth-order valence-corrected chi connectivity index (χ4v) is 3.05. The number of benzene rings is 1. The van der Waals surface area contributed by atoms with Crippen LogP contribution < -0.4 is 0 Å². The molecule has 0 bridgehead atoms. The van der Waals surface area contributed by atoms with E-state index in [1.165, 1.54) is 12.0 Å². The predicted molar refractivity (Wildman–Crippen MR) is 92.4 cm³/mol. The molecule has 0 saturated carbocycles. The van der Waals surface area contributed by atoms with Gasteiger partial charge in [-0.1, -0.05) is 29.8 Å². The highest BCUT2D eigenvalue weighted by atomic mass is 16.2. The average molecular weight is 322 g/mol. The highest BCUT2D eigenvalue weighted by molar-refractivity contribution is 5.99. The predicted octanol–water partition coefficient (Wildman–Crippen LogP) is 3.40. The standard InChI is InChI=1S/C19H22N4O/c1-15-6-8-16(9-7-15)18-17(14-23(21-18)13-5-10-20)19(24)22-11-3-2-4-12-22/h6-9,14H,2-5,11-13H2,1H3. The van der Waals surface area contributed by atoms with E-state index in [4.69, 9.17) is 5.26 Å². The number of aryl methyl sites for hydroxylation is 2. The van der Waals surface area contributed by atoms with E-state index in [0.717, 1.165) is 31.5 Å². The lowest BCUT2D eigenvalue weighted by molar-refractivity contribution is 0.0725. The Bertz CT molecular complexity index is 749. The molecular weight excluding hydrogens is 300 g/mol. The number of nitriles is 1. The van der Waals surface area contributed by atoms with Crippen molar-refractivity contribution in [2.24, 2.45) is 0 Å². The summed E-state index contributed by atoms with van der Waals surface area (Å²) in [7, 11) is 0. The largest absolute Gasteiger partial charge is 0.339 e. The molecule has 3 rings (SSSR count). The fraction of sp³-hybridized carbons (Fsp3) is 0.421. The Labute approximate surface area is 142 Å². The van der Waals surface area contributed by atoms with E-state index < -0.39 is 0 Å². The second-order valence-corrected chi connectivity index (χ2v) is 6.28. The van der Waals surface area contributed by atoms with Gasteiger partial charge in [0.05, 0.1) is 24.6 Å². The number of carbonyl (C=O) groups is 1. The van der Waals surface area contributed by atoms with Gasteiger partial charge in [-0.3, -0.25) is 9.48 Å². The first kappa shape index (κ1) is 16.3. The third-order valence-corrected chi connectivity index (χ3v) is 4.41. The Kier molecular flexibility index (Phi) is 4.95. The Balaban J connectivity index is 1.95. The number of hydrogen-bond acceptors (Lipinski definition) is 3. The van der Waals surface area contributed by atoms with Gasteiger partial charge in [0.2, 0.25) is 0 Å². The Hall–Kier alpha value is -2.61. The SMILES string of the molecule is Cc1ccc(-c2nn(CCC#N)cc2C(=O)N2CCCCC2)cc1. The summed E-state index contributed by atoms with van der Waals surface area (Å²) in [4.78, 5) is 14.9. The van der Waals surface area contributed by atoms with Crippen LogP contribution in [0, 0.1) is 18.3 Å². The van der Waals surface area contributed by atoms with Gasteiger partial charge in [-0.2, -0.15) is 10.4 Å². The maximum absolute atomic E-state index is 13.0. The Morgan fingerprint density at radius 3 is 2.58 bits per heavy atom. The van der Waals surface area contributed by atoms with Crippen molar-refractivity contribution in [3.05, 3.63) is 41.6 Å². The van der Waals surface area contributed by atoms with E-state index in [2.05, 4.69) is 11.2 Å². The summed E-state index contributed by atoms with van der Waals surface area (Å²) in [5.41, 5.74) is 3.46. The summed E-state index contributed by atoms with van der Waals surface area (Å²) in [6, 6.07) is 10.2. The van der Waals surface area contributed by atoms with E-state index in [1.807, 2.05) is 36.1 Å². The molecule has 0 spiro atoms. The number of rotatable bonds is 4. The van der Waals surface area contributed by atoms with Crippen LogP contribution in [0.15, 0.2) is 30.5 Å². The van der Waals surface area contributed by atoms with Crippen LogP contribution in [0.25, 0.3) is 11.3 Å². The van der Waals surface area contributed by atoms with E-state index in [0.29, 0.717) is 24.2 Å². The maximum atomic E-state index is 13.0. The molecule has 1 aromatic carbocycles. The number of likely N-dealkylation sites (tertiary alicyclic amines) is 1. The first-order valence-electron chi connectivity index (χ1n) is 8.50. The molecule has 1 aliphatic heterocycles. The molecule has 124 valence electrons. The van der Waals surface area contributed by atoms with Crippen molar-refractivity contribution in [2.45, 2.75) is 39.2 Å². The molecule has 0 radical (unpaired) electrons. The Morgan fingerprint density at radius 2 is 1.92 bits per heavy atom. The van der Waals surface area contributed by atoms with Crippen LogP contribution in [-0.4, -0.2) is 33.7 Å². The summed E-state index contributed by atoms with van der Waals surface area (Å²) in [6.07, 6.45) is 5.49. The molecule has 0 N–H and O–H groups in total. The molecule has 0 atom stereocenters. The van der Waals surface area contributed by atoms with Gasteiger partial charge in [-0.25, -0.2) is 0 Å². The van der Waals surface area contributed by atoms with Gasteiger partial charge in [0.25, 0.3) is 5.91 Å². The van der Waals surface area contributed by atoms with E-state index in [1.54, 1.807) is 10.9 Å². The molecule has 1 amide bonds. The van der Waals surface area contributed by atoms with E-state index in [9.17, 15) is 4.79 Å². The van der Waals surface area contributed by atoms with Gasteiger partial charge < -0.3 is 4.90 Å². The minimum Gasteiger partial charge on any atom is -0.339 e. The molecular formula is C19H22N4O. The number of nitrogens with zero attached hydrogens (tertiary/aromatic N) is 4. The van der Waals surface area contributed by atoms with Crippen LogP contribution in [0.2, 0.25) is 0 Å². The molecule has 1 aliphatic rings. The first-order chi connectivity index (χ1) is 11.7. The highest BCUT2D eigenvalue weighted by Gasteiger charge is 2.24. The van der Waals surface area contributed by atoms with Crippen molar-refractivity contribution in [2.75, 3.05) is 13.1 Å². The van der Waals surface area contributed by atoms with Gasteiger partial charge in [-0.15, -0.1) is 0 Å². The van der Waals surface area contributed by atoms with Crippen molar-refractivity contribution in [1.82, 2.24) is 14.7 Å². The normalized spacial score (nSPS) is 14.4. The molecule has 2 aromatic rings. The third kappa shape index (κ3) is 3.48. The first-order valence-corrected chi connectivity index (χ1v) is 8.50. The van der Waals surface area contributed by atoms with Crippen molar-refractivity contribution in [3.8, 4) is 17.3 Å². The summed E-state index contributed by atoms with van der Waals surface area (Å²) in [5.74, 6) is 0.0495. The number of amides is 1. The maximum Gasteiger partial charge on any atom is 0.257 e. The van der Waals surface area contributed by atoms with Gasteiger partial charge in [-0.05, 0) is 26.2 Å². The van der Waals surface area contributed by atoms with Crippen molar-refractivity contribution in [1.29, 1.82) is 5.26 Å². The summed E-state index contributed by atoms with van der Waals surface area (Å²) in [5, 5.41) is 13.4. The Morgan fingerprint density at radius 1 is 1.21 bits per heavy atom. The number of hydrogen-bond donors (Lipinski definition) is 0. The van der Waals surface area contributed by atoms with Crippen LogP contribution >= 0.6 is 0 Å². The monoisotopic (exact) mass is 322 g/mol. The molecule has 0 aliphatic carbocycles. The van der Waals surface area contributed by atoms with Crippen molar-refractivity contribution >= 4 is 5.91 Å². The topological polar surface area (TPSA) is 61.9 Å². The van der Waals surface area contributed by atoms with Crippen LogP contribution in [0.5, 0.6) is 0 Å². The van der Waals surface area contributed by atoms with Crippen LogP contribution in [0.3, 0.4) is 0 Å². The zero-order valence-corrected chi connectivity index (χ0v) is 14.0. The molecule has 5 heteroatoms. The van der Waals surface area contributed by atoms with Gasteiger partial charge in [0.1, 0.15) is 5.69 Å². The number of aromatic nitrogens is 2. The minimum atomic E-state index is 0.0495. The lowest BCUT2D eigenvalue weighted by Crippen LogP contribution is -2.35. The van der Waals surface area contributed by atoms with Crippen LogP contribution in [0.1, 0.15) is 41.6 Å².